The molecule has 0 unspecified atom stereocenters. The Balaban J connectivity index is 2.04. The lowest BCUT2D eigenvalue weighted by atomic mass is 10.1. The van der Waals surface area contributed by atoms with Crippen LogP contribution in [0, 0.1) is 0 Å². The molecule has 0 saturated carbocycles. The number of fused-ring (bicyclic) bond motifs is 1. The van der Waals surface area contributed by atoms with Crippen LogP contribution in [0.25, 0.3) is 0 Å². The van der Waals surface area contributed by atoms with Gasteiger partial charge in [-0.05, 0) is 23.8 Å². The van der Waals surface area contributed by atoms with Crippen molar-refractivity contribution in [3.63, 3.8) is 0 Å². The van der Waals surface area contributed by atoms with Crippen LogP contribution in [0.2, 0.25) is 5.02 Å². The summed E-state index contributed by atoms with van der Waals surface area (Å²) in [6, 6.07) is 12.2. The molecule has 2 aromatic rings. The van der Waals surface area contributed by atoms with Crippen LogP contribution in [-0.4, -0.2) is 11.0 Å². The van der Waals surface area contributed by atoms with E-state index < -0.39 is 0 Å². The summed E-state index contributed by atoms with van der Waals surface area (Å²) in [4.78, 5) is 13.8. The summed E-state index contributed by atoms with van der Waals surface area (Å²) >= 11 is 5.79. The maximum atomic E-state index is 12.2. The monoisotopic (exact) mass is 259 g/mol. The molecule has 0 bridgehead atoms. The molecule has 0 fully saturated rings. The fourth-order valence-corrected chi connectivity index (χ4v) is 2.34. The molecule has 0 aliphatic carbocycles. The first-order chi connectivity index (χ1) is 8.66. The highest BCUT2D eigenvalue weighted by Crippen LogP contribution is 2.35. The number of halogens is 1. The van der Waals surface area contributed by atoms with Crippen LogP contribution in [0.15, 0.2) is 42.5 Å². The summed E-state index contributed by atoms with van der Waals surface area (Å²) in [7, 11) is 0. The number of hydrogen-bond donors (Lipinski definition) is 1. The number of phenolic OH excluding ortho intramolecular Hbond substituents is 1. The number of benzene rings is 2. The maximum absolute atomic E-state index is 12.2. The molecule has 1 aliphatic rings. The van der Waals surface area contributed by atoms with Crippen molar-refractivity contribution >= 4 is 23.2 Å². The summed E-state index contributed by atoms with van der Waals surface area (Å²) in [6.07, 6.45) is 0. The molecule has 0 aromatic heterocycles. The standard InChI is InChI=1S/C14H10ClNO2/c15-10-5-6-12(13(17)7-10)16-8-9-3-1-2-4-11(9)14(16)18/h1-7,17H,8H2. The minimum atomic E-state index is -0.0942. The van der Waals surface area contributed by atoms with Gasteiger partial charge in [0.2, 0.25) is 0 Å². The van der Waals surface area contributed by atoms with Crippen molar-refractivity contribution in [1.29, 1.82) is 0 Å². The summed E-state index contributed by atoms with van der Waals surface area (Å²) < 4.78 is 0. The number of anilines is 1. The molecule has 1 N–H and O–H groups in total. The zero-order valence-electron chi connectivity index (χ0n) is 9.43. The molecule has 18 heavy (non-hydrogen) atoms. The zero-order chi connectivity index (χ0) is 12.7. The number of carbonyl (C=O) groups excluding carboxylic acids is 1. The number of aromatic hydroxyl groups is 1. The average molecular weight is 260 g/mol. The lowest BCUT2D eigenvalue weighted by Crippen LogP contribution is -2.22. The number of rotatable bonds is 1. The highest BCUT2D eigenvalue weighted by atomic mass is 35.5. The molecule has 2 aromatic carbocycles. The topological polar surface area (TPSA) is 40.5 Å². The molecule has 90 valence electrons. The molecule has 0 atom stereocenters. The van der Waals surface area contributed by atoms with Crippen LogP contribution in [0.4, 0.5) is 5.69 Å². The van der Waals surface area contributed by atoms with E-state index in [1.807, 2.05) is 18.2 Å². The Labute approximate surface area is 109 Å². The van der Waals surface area contributed by atoms with E-state index in [4.69, 9.17) is 11.6 Å². The van der Waals surface area contributed by atoms with Gasteiger partial charge >= 0.3 is 0 Å². The van der Waals surface area contributed by atoms with Crippen LogP contribution in [-0.2, 0) is 6.54 Å². The van der Waals surface area contributed by atoms with Crippen molar-refractivity contribution in [2.45, 2.75) is 6.54 Å². The molecule has 3 rings (SSSR count). The smallest absolute Gasteiger partial charge is 0.259 e. The van der Waals surface area contributed by atoms with E-state index in [0.717, 1.165) is 5.56 Å². The molecule has 4 heteroatoms. The molecule has 0 radical (unpaired) electrons. The fourth-order valence-electron chi connectivity index (χ4n) is 2.17. The van der Waals surface area contributed by atoms with Crippen molar-refractivity contribution < 1.29 is 9.90 Å². The van der Waals surface area contributed by atoms with Gasteiger partial charge in [0.1, 0.15) is 5.75 Å². The van der Waals surface area contributed by atoms with Crippen molar-refractivity contribution in [1.82, 2.24) is 0 Å². The van der Waals surface area contributed by atoms with Crippen LogP contribution in [0.3, 0.4) is 0 Å². The van der Waals surface area contributed by atoms with Gasteiger partial charge in [-0.25, -0.2) is 0 Å². The normalized spacial score (nSPS) is 13.8. The first kappa shape index (κ1) is 11.1. The van der Waals surface area contributed by atoms with Crippen molar-refractivity contribution in [2.24, 2.45) is 0 Å². The van der Waals surface area contributed by atoms with Crippen LogP contribution < -0.4 is 4.90 Å². The molecule has 1 aliphatic heterocycles. The van der Waals surface area contributed by atoms with Crippen LogP contribution >= 0.6 is 11.6 Å². The second-order valence-electron chi connectivity index (χ2n) is 4.18. The molecule has 1 heterocycles. The van der Waals surface area contributed by atoms with Crippen LogP contribution in [0.5, 0.6) is 5.75 Å². The average Bonchev–Trinajstić information content (AvgIpc) is 2.68. The van der Waals surface area contributed by atoms with E-state index in [-0.39, 0.29) is 11.7 Å². The van der Waals surface area contributed by atoms with E-state index in [0.29, 0.717) is 22.8 Å². The fraction of sp³-hybridized carbons (Fsp3) is 0.0714. The third-order valence-corrected chi connectivity index (χ3v) is 3.28. The van der Waals surface area contributed by atoms with Gasteiger partial charge in [0.05, 0.1) is 12.2 Å². The Morgan fingerprint density at radius 3 is 2.67 bits per heavy atom. The number of carbonyl (C=O) groups is 1. The van der Waals surface area contributed by atoms with Crippen molar-refractivity contribution in [3.05, 3.63) is 58.6 Å². The second kappa shape index (κ2) is 4.03. The highest BCUT2D eigenvalue weighted by Gasteiger charge is 2.29. The highest BCUT2D eigenvalue weighted by molar-refractivity contribution is 6.30. The van der Waals surface area contributed by atoms with E-state index in [9.17, 15) is 9.90 Å². The molecule has 0 spiro atoms. The quantitative estimate of drug-likeness (QED) is 0.854. The van der Waals surface area contributed by atoms with Gasteiger partial charge in [-0.3, -0.25) is 4.79 Å². The lowest BCUT2D eigenvalue weighted by molar-refractivity contribution is 0.0996. The molecule has 3 nitrogen and oxygen atoms in total. The third kappa shape index (κ3) is 1.64. The van der Waals surface area contributed by atoms with Gasteiger partial charge in [0.15, 0.2) is 0 Å². The maximum Gasteiger partial charge on any atom is 0.259 e. The van der Waals surface area contributed by atoms with Gasteiger partial charge in [-0.2, -0.15) is 0 Å². The second-order valence-corrected chi connectivity index (χ2v) is 4.62. The zero-order valence-corrected chi connectivity index (χ0v) is 10.2. The minimum absolute atomic E-state index is 0.0173. The lowest BCUT2D eigenvalue weighted by Gasteiger charge is -2.17. The van der Waals surface area contributed by atoms with Gasteiger partial charge in [-0.15, -0.1) is 0 Å². The van der Waals surface area contributed by atoms with E-state index in [1.54, 1.807) is 23.1 Å². The van der Waals surface area contributed by atoms with E-state index in [2.05, 4.69) is 0 Å². The predicted octanol–water partition coefficient (Wildman–Crippen LogP) is 3.21. The Morgan fingerprint density at radius 2 is 1.94 bits per heavy atom. The summed E-state index contributed by atoms with van der Waals surface area (Å²) in [5, 5.41) is 10.3. The largest absolute Gasteiger partial charge is 0.506 e. The summed E-state index contributed by atoms with van der Waals surface area (Å²) in [5.41, 5.74) is 2.14. The Hall–Kier alpha value is -2.00. The van der Waals surface area contributed by atoms with Gasteiger partial charge in [0, 0.05) is 16.7 Å². The SMILES string of the molecule is O=C1c2ccccc2CN1c1ccc(Cl)cc1O. The van der Waals surface area contributed by atoms with Gasteiger partial charge < -0.3 is 10.0 Å². The molecular formula is C14H10ClNO2. The number of phenols is 1. The molecular weight excluding hydrogens is 250 g/mol. The minimum Gasteiger partial charge on any atom is -0.506 e. The first-order valence-electron chi connectivity index (χ1n) is 5.55. The molecule has 1 amide bonds. The number of hydrogen-bond acceptors (Lipinski definition) is 2. The van der Waals surface area contributed by atoms with Gasteiger partial charge in [0.25, 0.3) is 5.91 Å². The Kier molecular flexibility index (Phi) is 2.49. The Bertz CT molecular complexity index is 639. The van der Waals surface area contributed by atoms with Crippen LogP contribution in [0.1, 0.15) is 15.9 Å². The molecule has 0 saturated heterocycles. The number of amides is 1. The Morgan fingerprint density at radius 1 is 1.17 bits per heavy atom. The van der Waals surface area contributed by atoms with E-state index >= 15 is 0 Å². The van der Waals surface area contributed by atoms with Crippen molar-refractivity contribution in [3.8, 4) is 5.75 Å². The first-order valence-corrected chi connectivity index (χ1v) is 5.93. The van der Waals surface area contributed by atoms with Gasteiger partial charge in [-0.1, -0.05) is 29.8 Å². The third-order valence-electron chi connectivity index (χ3n) is 3.05. The summed E-state index contributed by atoms with van der Waals surface area (Å²) in [6.45, 7) is 0.476. The summed E-state index contributed by atoms with van der Waals surface area (Å²) in [5.74, 6) is -0.0770. The van der Waals surface area contributed by atoms with E-state index in [1.165, 1.54) is 6.07 Å². The van der Waals surface area contributed by atoms with Crippen molar-refractivity contribution in [2.75, 3.05) is 4.90 Å². The predicted molar refractivity (Wildman–Crippen MR) is 70.1 cm³/mol. The number of nitrogens with zero attached hydrogens (tertiary/aromatic N) is 1.